The second kappa shape index (κ2) is 6.29. The first-order valence-corrected chi connectivity index (χ1v) is 6.10. The van der Waals surface area contributed by atoms with Crippen molar-refractivity contribution < 1.29 is 24.0 Å². The van der Waals surface area contributed by atoms with Crippen molar-refractivity contribution in [2.75, 3.05) is 0 Å². The van der Waals surface area contributed by atoms with Crippen molar-refractivity contribution in [2.24, 2.45) is 0 Å². The minimum Gasteiger partial charge on any atom is -0.481 e. The summed E-state index contributed by atoms with van der Waals surface area (Å²) in [6.07, 6.45) is 0.00184. The molecule has 0 spiro atoms. The molecule has 0 radical (unpaired) electrons. The molecule has 8 heteroatoms. The first kappa shape index (κ1) is 16.5. The number of nitrogens with zero attached hydrogens (tertiary/aromatic N) is 1. The maximum atomic E-state index is 13.0. The van der Waals surface area contributed by atoms with Crippen LogP contribution in [0.4, 0.5) is 10.1 Å². The van der Waals surface area contributed by atoms with Gasteiger partial charge in [0.05, 0.1) is 11.0 Å². The van der Waals surface area contributed by atoms with Crippen molar-refractivity contribution in [1.82, 2.24) is 5.32 Å². The Labute approximate surface area is 119 Å². The molecule has 0 unspecified atom stereocenters. The summed E-state index contributed by atoms with van der Waals surface area (Å²) in [5.74, 6) is -2.58. The van der Waals surface area contributed by atoms with Crippen molar-refractivity contribution in [3.8, 4) is 0 Å². The van der Waals surface area contributed by atoms with Gasteiger partial charge in [0.25, 0.3) is 11.6 Å². The zero-order valence-electron chi connectivity index (χ0n) is 11.6. The van der Waals surface area contributed by atoms with Gasteiger partial charge < -0.3 is 10.4 Å². The maximum Gasteiger partial charge on any atom is 0.303 e. The van der Waals surface area contributed by atoms with Crippen molar-refractivity contribution in [3.05, 3.63) is 39.7 Å². The lowest BCUT2D eigenvalue weighted by atomic mass is 9.97. The normalized spacial score (nSPS) is 11.0. The zero-order chi connectivity index (χ0) is 16.2. The van der Waals surface area contributed by atoms with E-state index in [0.717, 1.165) is 12.1 Å². The van der Waals surface area contributed by atoms with E-state index in [1.54, 1.807) is 13.8 Å². The lowest BCUT2D eigenvalue weighted by Gasteiger charge is -2.25. The number of halogens is 1. The summed E-state index contributed by atoms with van der Waals surface area (Å²) in [6.45, 7) is 3.20. The number of carboxylic acids is 1. The Balaban J connectivity index is 2.94. The number of rotatable bonds is 6. The third-order valence-corrected chi connectivity index (χ3v) is 2.82. The number of nitro groups is 1. The zero-order valence-corrected chi connectivity index (χ0v) is 11.6. The summed E-state index contributed by atoms with van der Waals surface area (Å²) in [6, 6.07) is 2.64. The molecule has 2 N–H and O–H groups in total. The molecule has 0 aliphatic carbocycles. The number of nitrogens with one attached hydrogen (secondary N) is 1. The van der Waals surface area contributed by atoms with Gasteiger partial charge in [0.2, 0.25) is 0 Å². The van der Waals surface area contributed by atoms with E-state index in [2.05, 4.69) is 5.32 Å². The lowest BCUT2D eigenvalue weighted by molar-refractivity contribution is -0.385. The molecule has 21 heavy (non-hydrogen) atoms. The lowest BCUT2D eigenvalue weighted by Crippen LogP contribution is -2.43. The van der Waals surface area contributed by atoms with Gasteiger partial charge in [-0.3, -0.25) is 19.7 Å². The molecule has 0 heterocycles. The van der Waals surface area contributed by atoms with E-state index in [-0.39, 0.29) is 18.4 Å². The minimum absolute atomic E-state index is 0.154. The van der Waals surface area contributed by atoms with E-state index in [4.69, 9.17) is 5.11 Å². The Morgan fingerprint density at radius 1 is 1.43 bits per heavy atom. The molecule has 7 nitrogen and oxygen atoms in total. The van der Waals surface area contributed by atoms with Crippen LogP contribution in [0, 0.1) is 15.9 Å². The molecule has 0 atom stereocenters. The molecule has 1 aromatic rings. The number of carboxylic acid groups (broad SMARTS) is 1. The minimum atomic E-state index is -1.01. The predicted molar refractivity (Wildman–Crippen MR) is 71.5 cm³/mol. The summed E-state index contributed by atoms with van der Waals surface area (Å²) in [5, 5.41) is 22.0. The fourth-order valence-electron chi connectivity index (χ4n) is 1.70. The SMILES string of the molecule is CC(C)(CCC(=O)O)NC(=O)c1ccc(F)cc1[N+](=O)[O-]. The van der Waals surface area contributed by atoms with Gasteiger partial charge in [0, 0.05) is 12.0 Å². The average Bonchev–Trinajstić information content (AvgIpc) is 2.35. The van der Waals surface area contributed by atoms with Gasteiger partial charge in [-0.2, -0.15) is 0 Å². The highest BCUT2D eigenvalue weighted by molar-refractivity contribution is 5.98. The third kappa shape index (κ3) is 4.83. The Kier molecular flexibility index (Phi) is 4.96. The van der Waals surface area contributed by atoms with Gasteiger partial charge in [0.1, 0.15) is 11.4 Å². The molecule has 114 valence electrons. The van der Waals surface area contributed by atoms with E-state index in [1.807, 2.05) is 0 Å². The molecule has 0 aromatic heterocycles. The van der Waals surface area contributed by atoms with Crippen molar-refractivity contribution >= 4 is 17.6 Å². The highest BCUT2D eigenvalue weighted by Gasteiger charge is 2.26. The molecule has 0 bridgehead atoms. The maximum absolute atomic E-state index is 13.0. The third-order valence-electron chi connectivity index (χ3n) is 2.82. The Morgan fingerprint density at radius 3 is 2.57 bits per heavy atom. The quantitative estimate of drug-likeness (QED) is 0.617. The summed E-state index contributed by atoms with van der Waals surface area (Å²) >= 11 is 0. The molecule has 0 saturated carbocycles. The van der Waals surface area contributed by atoms with Gasteiger partial charge in [-0.1, -0.05) is 0 Å². The number of nitro benzene ring substituents is 1. The van der Waals surface area contributed by atoms with Gasteiger partial charge >= 0.3 is 5.97 Å². The summed E-state index contributed by atoms with van der Waals surface area (Å²) in [4.78, 5) is 32.6. The second-order valence-electron chi connectivity index (χ2n) is 5.15. The van der Waals surface area contributed by atoms with Crippen LogP contribution in [0.5, 0.6) is 0 Å². The standard InChI is InChI=1S/C13H15FN2O5/c1-13(2,6-5-11(17)18)15-12(19)9-4-3-8(14)7-10(9)16(20)21/h3-4,7H,5-6H2,1-2H3,(H,15,19)(H,17,18). The van der Waals surface area contributed by atoms with E-state index < -0.39 is 33.8 Å². The van der Waals surface area contributed by atoms with E-state index >= 15 is 0 Å². The van der Waals surface area contributed by atoms with Crippen LogP contribution in [0.3, 0.4) is 0 Å². The van der Waals surface area contributed by atoms with Crippen LogP contribution in [-0.4, -0.2) is 27.4 Å². The average molecular weight is 298 g/mol. The Morgan fingerprint density at radius 2 is 2.05 bits per heavy atom. The number of amides is 1. The van der Waals surface area contributed by atoms with Crippen molar-refractivity contribution in [1.29, 1.82) is 0 Å². The van der Waals surface area contributed by atoms with Crippen LogP contribution in [0.25, 0.3) is 0 Å². The van der Waals surface area contributed by atoms with Crippen LogP contribution < -0.4 is 5.32 Å². The highest BCUT2D eigenvalue weighted by atomic mass is 19.1. The highest BCUT2D eigenvalue weighted by Crippen LogP contribution is 2.21. The van der Waals surface area contributed by atoms with Crippen LogP contribution in [0.15, 0.2) is 18.2 Å². The van der Waals surface area contributed by atoms with Gasteiger partial charge in [-0.25, -0.2) is 4.39 Å². The first-order chi connectivity index (χ1) is 9.62. The number of carbonyl (C=O) groups is 2. The molecule has 1 amide bonds. The van der Waals surface area contributed by atoms with E-state index in [1.165, 1.54) is 0 Å². The monoisotopic (exact) mass is 298 g/mol. The Bertz CT molecular complexity index is 586. The number of aliphatic carboxylic acids is 1. The summed E-state index contributed by atoms with van der Waals surface area (Å²) < 4.78 is 13.0. The van der Waals surface area contributed by atoms with Gasteiger partial charge in [0.15, 0.2) is 0 Å². The van der Waals surface area contributed by atoms with Crippen molar-refractivity contribution in [3.63, 3.8) is 0 Å². The number of carbonyl (C=O) groups excluding carboxylic acids is 1. The Hall–Kier alpha value is -2.51. The molecule has 1 aromatic carbocycles. The van der Waals surface area contributed by atoms with E-state index in [0.29, 0.717) is 6.07 Å². The fraction of sp³-hybridized carbons (Fsp3) is 0.385. The summed E-state index contributed by atoms with van der Waals surface area (Å²) in [7, 11) is 0. The molecule has 0 fully saturated rings. The summed E-state index contributed by atoms with van der Waals surface area (Å²) in [5.41, 5.74) is -1.77. The molecule has 1 rings (SSSR count). The number of benzene rings is 1. The number of hydrogen-bond donors (Lipinski definition) is 2. The molecule has 0 aliphatic heterocycles. The first-order valence-electron chi connectivity index (χ1n) is 6.10. The second-order valence-corrected chi connectivity index (χ2v) is 5.15. The van der Waals surface area contributed by atoms with Gasteiger partial charge in [-0.15, -0.1) is 0 Å². The fourth-order valence-corrected chi connectivity index (χ4v) is 1.70. The largest absolute Gasteiger partial charge is 0.481 e. The van der Waals surface area contributed by atoms with Crippen LogP contribution in [0.2, 0.25) is 0 Å². The molecule has 0 aliphatic rings. The van der Waals surface area contributed by atoms with Crippen molar-refractivity contribution in [2.45, 2.75) is 32.2 Å². The van der Waals surface area contributed by atoms with Gasteiger partial charge in [-0.05, 0) is 32.4 Å². The predicted octanol–water partition coefficient (Wildman–Crippen LogP) is 2.11. The molecule has 0 saturated heterocycles. The number of hydrogen-bond acceptors (Lipinski definition) is 4. The van der Waals surface area contributed by atoms with Crippen LogP contribution >= 0.6 is 0 Å². The molecular formula is C13H15FN2O5. The van der Waals surface area contributed by atoms with Crippen LogP contribution in [0.1, 0.15) is 37.0 Å². The molecular weight excluding hydrogens is 283 g/mol. The smallest absolute Gasteiger partial charge is 0.303 e. The topological polar surface area (TPSA) is 110 Å². The van der Waals surface area contributed by atoms with Crippen LogP contribution in [-0.2, 0) is 4.79 Å². The van der Waals surface area contributed by atoms with E-state index in [9.17, 15) is 24.1 Å².